The largest absolute Gasteiger partial charge is 0.445 e. The van der Waals surface area contributed by atoms with E-state index in [1.54, 1.807) is 0 Å². The average molecular weight is 358 g/mol. The molecule has 26 heavy (non-hydrogen) atoms. The van der Waals surface area contributed by atoms with Crippen LogP contribution in [0.2, 0.25) is 0 Å². The van der Waals surface area contributed by atoms with E-state index in [4.69, 9.17) is 9.47 Å². The Kier molecular flexibility index (Phi) is 6.69. The van der Waals surface area contributed by atoms with Gasteiger partial charge in [-0.3, -0.25) is 4.90 Å². The zero-order valence-electron chi connectivity index (χ0n) is 15.8. The average Bonchev–Trinajstić information content (AvgIpc) is 3.08. The third-order valence-corrected chi connectivity index (χ3v) is 4.96. The molecule has 0 saturated carbocycles. The lowest BCUT2D eigenvalue weighted by atomic mass is 10.2. The van der Waals surface area contributed by atoms with Gasteiger partial charge in [-0.25, -0.2) is 4.79 Å². The molecule has 3 atom stereocenters. The summed E-state index contributed by atoms with van der Waals surface area (Å²) in [5.41, 5.74) is 1.02. The van der Waals surface area contributed by atoms with Gasteiger partial charge in [0.15, 0.2) is 0 Å². The first-order chi connectivity index (χ1) is 12.6. The van der Waals surface area contributed by atoms with Crippen LogP contribution >= 0.6 is 0 Å². The van der Waals surface area contributed by atoms with Gasteiger partial charge in [-0.1, -0.05) is 42.5 Å². The third kappa shape index (κ3) is 5.32. The Hall–Kier alpha value is -1.85. The molecule has 2 unspecified atom stereocenters. The molecule has 2 aliphatic rings. The van der Waals surface area contributed by atoms with Crippen molar-refractivity contribution >= 4 is 6.09 Å². The van der Waals surface area contributed by atoms with Crippen molar-refractivity contribution in [1.29, 1.82) is 0 Å². The van der Waals surface area contributed by atoms with Crippen LogP contribution in [0.1, 0.15) is 32.3 Å². The van der Waals surface area contributed by atoms with Gasteiger partial charge in [-0.15, -0.1) is 0 Å². The van der Waals surface area contributed by atoms with Crippen LogP contribution in [-0.2, 0) is 16.1 Å². The number of nitrogens with zero attached hydrogens (tertiary/aromatic N) is 2. The maximum atomic E-state index is 12.4. The molecule has 2 fully saturated rings. The summed E-state index contributed by atoms with van der Waals surface area (Å²) >= 11 is 0. The Labute approximate surface area is 156 Å². The van der Waals surface area contributed by atoms with Crippen LogP contribution in [0.4, 0.5) is 4.79 Å². The molecule has 0 aromatic heterocycles. The van der Waals surface area contributed by atoms with Crippen molar-refractivity contribution in [3.8, 4) is 0 Å². The minimum absolute atomic E-state index is 0.147. The summed E-state index contributed by atoms with van der Waals surface area (Å²) in [6.07, 6.45) is 6.74. The van der Waals surface area contributed by atoms with E-state index in [0.29, 0.717) is 6.61 Å². The summed E-state index contributed by atoms with van der Waals surface area (Å²) in [6, 6.07) is 9.96. The maximum Gasteiger partial charge on any atom is 0.410 e. The second-order valence-electron chi connectivity index (χ2n) is 7.35. The van der Waals surface area contributed by atoms with Gasteiger partial charge >= 0.3 is 6.09 Å². The second kappa shape index (κ2) is 9.19. The molecule has 1 aromatic rings. The number of carbonyl (C=O) groups is 1. The number of amides is 1. The molecule has 0 spiro atoms. The van der Waals surface area contributed by atoms with Crippen molar-refractivity contribution in [3.05, 3.63) is 48.0 Å². The molecule has 0 bridgehead atoms. The number of likely N-dealkylation sites (tertiary alicyclic amines) is 1. The Morgan fingerprint density at radius 2 is 1.96 bits per heavy atom. The highest BCUT2D eigenvalue weighted by Crippen LogP contribution is 2.20. The highest BCUT2D eigenvalue weighted by atomic mass is 16.6. The first-order valence-corrected chi connectivity index (χ1v) is 9.63. The number of benzene rings is 1. The number of rotatable bonds is 5. The van der Waals surface area contributed by atoms with E-state index in [0.717, 1.165) is 44.6 Å². The minimum atomic E-state index is -0.213. The predicted molar refractivity (Wildman–Crippen MR) is 102 cm³/mol. The first kappa shape index (κ1) is 18.9. The normalized spacial score (nSPS) is 27.2. The molecular formula is C21H30N2O3. The molecule has 0 N–H and O–H groups in total. The monoisotopic (exact) mass is 358 g/mol. The summed E-state index contributed by atoms with van der Waals surface area (Å²) in [5.74, 6) is 0. The highest BCUT2D eigenvalue weighted by Gasteiger charge is 2.28. The van der Waals surface area contributed by atoms with Crippen molar-refractivity contribution in [2.75, 3.05) is 26.2 Å². The summed E-state index contributed by atoms with van der Waals surface area (Å²) in [4.78, 5) is 16.7. The molecule has 2 aliphatic heterocycles. The Balaban J connectivity index is 1.47. The minimum Gasteiger partial charge on any atom is -0.445 e. The van der Waals surface area contributed by atoms with Crippen LogP contribution in [0.25, 0.3) is 0 Å². The zero-order valence-corrected chi connectivity index (χ0v) is 15.8. The molecule has 1 aromatic carbocycles. The molecule has 0 aliphatic carbocycles. The van der Waals surface area contributed by atoms with Gasteiger partial charge in [0.25, 0.3) is 0 Å². The molecule has 2 heterocycles. The predicted octanol–water partition coefficient (Wildman–Crippen LogP) is 3.45. The number of hydrogen-bond acceptors (Lipinski definition) is 4. The van der Waals surface area contributed by atoms with Crippen molar-refractivity contribution in [1.82, 2.24) is 9.80 Å². The molecule has 3 rings (SSSR count). The molecule has 5 heteroatoms. The Morgan fingerprint density at radius 3 is 2.69 bits per heavy atom. The van der Waals surface area contributed by atoms with Gasteiger partial charge in [-0.2, -0.15) is 0 Å². The Bertz CT molecular complexity index is 595. The third-order valence-electron chi connectivity index (χ3n) is 4.96. The highest BCUT2D eigenvalue weighted by molar-refractivity contribution is 5.68. The topological polar surface area (TPSA) is 42.0 Å². The van der Waals surface area contributed by atoms with Crippen LogP contribution < -0.4 is 0 Å². The van der Waals surface area contributed by atoms with Gasteiger partial charge < -0.3 is 14.4 Å². The number of morpholine rings is 1. The molecular weight excluding hydrogens is 328 g/mol. The summed E-state index contributed by atoms with van der Waals surface area (Å²) < 4.78 is 11.3. The number of hydrogen-bond donors (Lipinski definition) is 0. The maximum absolute atomic E-state index is 12.4. The van der Waals surface area contributed by atoms with Crippen LogP contribution in [-0.4, -0.2) is 60.3 Å². The smallest absolute Gasteiger partial charge is 0.410 e. The molecule has 2 saturated heterocycles. The van der Waals surface area contributed by atoms with E-state index in [9.17, 15) is 4.79 Å². The lowest BCUT2D eigenvalue weighted by molar-refractivity contribution is -0.0646. The fraction of sp³-hybridized carbons (Fsp3) is 0.571. The van der Waals surface area contributed by atoms with Gasteiger partial charge in [0.2, 0.25) is 0 Å². The van der Waals surface area contributed by atoms with Crippen molar-refractivity contribution < 1.29 is 14.3 Å². The standard InChI is InChI=1S/C21H30N2O3/c1-17-14-22(15-18(2)26-17)12-6-10-20-11-7-13-23(20)21(24)25-16-19-8-4-3-5-9-19/h3-6,8-10,17-18,20H,7,11-16H2,1-2H3/b10-6+/t17?,18?,20-/m1/s1. The van der Waals surface area contributed by atoms with E-state index in [1.807, 2.05) is 35.2 Å². The van der Waals surface area contributed by atoms with Crippen molar-refractivity contribution in [2.24, 2.45) is 0 Å². The van der Waals surface area contributed by atoms with E-state index in [1.165, 1.54) is 0 Å². The fourth-order valence-electron chi connectivity index (χ4n) is 3.82. The second-order valence-corrected chi connectivity index (χ2v) is 7.35. The molecule has 142 valence electrons. The van der Waals surface area contributed by atoms with E-state index in [-0.39, 0.29) is 24.3 Å². The molecule has 0 radical (unpaired) electrons. The van der Waals surface area contributed by atoms with Crippen LogP contribution in [0.5, 0.6) is 0 Å². The van der Waals surface area contributed by atoms with E-state index in [2.05, 4.69) is 30.9 Å². The zero-order chi connectivity index (χ0) is 18.4. The summed E-state index contributed by atoms with van der Waals surface area (Å²) in [5, 5.41) is 0. The lowest BCUT2D eigenvalue weighted by Crippen LogP contribution is -2.45. The quantitative estimate of drug-likeness (QED) is 0.756. The van der Waals surface area contributed by atoms with Gasteiger partial charge in [-0.05, 0) is 32.3 Å². The summed E-state index contributed by atoms with van der Waals surface area (Å²) in [7, 11) is 0. The Morgan fingerprint density at radius 1 is 1.23 bits per heavy atom. The summed E-state index contributed by atoms with van der Waals surface area (Å²) in [6.45, 7) is 8.16. The van der Waals surface area contributed by atoms with Crippen molar-refractivity contribution in [3.63, 3.8) is 0 Å². The van der Waals surface area contributed by atoms with Crippen LogP contribution in [0.3, 0.4) is 0 Å². The molecule has 1 amide bonds. The SMILES string of the molecule is CC1CN(C/C=C/[C@@H]2CCCN2C(=O)OCc2ccccc2)CC(C)O1. The number of ether oxygens (including phenoxy) is 2. The van der Waals surface area contributed by atoms with Gasteiger partial charge in [0.05, 0.1) is 18.2 Å². The molecule has 5 nitrogen and oxygen atoms in total. The number of carbonyl (C=O) groups excluding carboxylic acids is 1. The van der Waals surface area contributed by atoms with Gasteiger partial charge in [0.1, 0.15) is 6.61 Å². The fourth-order valence-corrected chi connectivity index (χ4v) is 3.82. The van der Waals surface area contributed by atoms with E-state index >= 15 is 0 Å². The van der Waals surface area contributed by atoms with Crippen LogP contribution in [0.15, 0.2) is 42.5 Å². The van der Waals surface area contributed by atoms with E-state index < -0.39 is 0 Å². The van der Waals surface area contributed by atoms with Gasteiger partial charge in [0, 0.05) is 26.2 Å². The first-order valence-electron chi connectivity index (χ1n) is 9.63. The lowest BCUT2D eigenvalue weighted by Gasteiger charge is -2.34. The van der Waals surface area contributed by atoms with Crippen molar-refractivity contribution in [2.45, 2.75) is 51.5 Å². The van der Waals surface area contributed by atoms with Crippen LogP contribution in [0, 0.1) is 0 Å².